The van der Waals surface area contributed by atoms with Gasteiger partial charge in [0.25, 0.3) is 0 Å². The van der Waals surface area contributed by atoms with Crippen LogP contribution in [0.25, 0.3) is 0 Å². The molecule has 106 valence electrons. The molecular weight excluding hydrogens is 224 g/mol. The van der Waals surface area contributed by atoms with Gasteiger partial charge in [0.2, 0.25) is 0 Å². The summed E-state index contributed by atoms with van der Waals surface area (Å²) < 4.78 is 5.18. The Hall–Kier alpha value is -0.120. The van der Waals surface area contributed by atoms with Gasteiger partial charge in [0, 0.05) is 38.8 Å². The first-order valence-electron chi connectivity index (χ1n) is 7.68. The summed E-state index contributed by atoms with van der Waals surface area (Å²) in [6.45, 7) is 8.72. The largest absolute Gasteiger partial charge is 0.383 e. The summed E-state index contributed by atoms with van der Waals surface area (Å²) in [6.07, 6.45) is 5.86. The highest BCUT2D eigenvalue weighted by Crippen LogP contribution is 2.44. The maximum atomic E-state index is 5.18. The summed E-state index contributed by atoms with van der Waals surface area (Å²) in [4.78, 5) is 2.51. The molecule has 0 aliphatic heterocycles. The number of methoxy groups -OCH3 is 1. The molecule has 0 aromatic heterocycles. The molecule has 3 heteroatoms. The zero-order valence-electron chi connectivity index (χ0n) is 12.3. The van der Waals surface area contributed by atoms with E-state index in [1.165, 1.54) is 25.7 Å². The van der Waals surface area contributed by atoms with Crippen molar-refractivity contribution in [3.8, 4) is 0 Å². The molecule has 18 heavy (non-hydrogen) atoms. The standard InChI is InChI=1S/C15H30N2O/c1-12(2)17(10-11-18-3)9-8-16-15(13-4-5-13)14-6-7-14/h12-16H,4-11H2,1-3H3. The summed E-state index contributed by atoms with van der Waals surface area (Å²) in [5, 5.41) is 3.82. The van der Waals surface area contributed by atoms with E-state index in [1.807, 2.05) is 0 Å². The zero-order chi connectivity index (χ0) is 13.0. The molecule has 0 aromatic rings. The quantitative estimate of drug-likeness (QED) is 0.646. The number of nitrogens with one attached hydrogen (secondary N) is 1. The first-order chi connectivity index (χ1) is 8.72. The Kier molecular flexibility index (Phi) is 5.46. The van der Waals surface area contributed by atoms with Crippen LogP contribution in [-0.2, 0) is 4.74 Å². The molecule has 0 radical (unpaired) electrons. The van der Waals surface area contributed by atoms with Crippen LogP contribution in [0.15, 0.2) is 0 Å². The number of rotatable bonds is 10. The normalized spacial score (nSPS) is 20.3. The Bertz CT molecular complexity index is 225. The number of hydrogen-bond donors (Lipinski definition) is 1. The second kappa shape index (κ2) is 6.88. The summed E-state index contributed by atoms with van der Waals surface area (Å²) in [7, 11) is 1.78. The second-order valence-electron chi connectivity index (χ2n) is 6.28. The van der Waals surface area contributed by atoms with Crippen molar-refractivity contribution in [2.24, 2.45) is 11.8 Å². The highest BCUT2D eigenvalue weighted by Gasteiger charge is 2.40. The van der Waals surface area contributed by atoms with Gasteiger partial charge >= 0.3 is 0 Å². The van der Waals surface area contributed by atoms with E-state index in [2.05, 4.69) is 24.1 Å². The van der Waals surface area contributed by atoms with Crippen molar-refractivity contribution in [3.05, 3.63) is 0 Å². The third-order valence-electron chi connectivity index (χ3n) is 4.35. The lowest BCUT2D eigenvalue weighted by atomic mass is 10.1. The van der Waals surface area contributed by atoms with E-state index < -0.39 is 0 Å². The smallest absolute Gasteiger partial charge is 0.0589 e. The maximum absolute atomic E-state index is 5.18. The van der Waals surface area contributed by atoms with Crippen molar-refractivity contribution in [1.82, 2.24) is 10.2 Å². The molecule has 0 atom stereocenters. The fourth-order valence-electron chi connectivity index (χ4n) is 2.84. The molecule has 1 N–H and O–H groups in total. The Balaban J connectivity index is 1.64. The minimum absolute atomic E-state index is 0.613. The van der Waals surface area contributed by atoms with Crippen molar-refractivity contribution in [2.75, 3.05) is 33.4 Å². The van der Waals surface area contributed by atoms with Gasteiger partial charge in [-0.05, 0) is 51.4 Å². The van der Waals surface area contributed by atoms with Crippen molar-refractivity contribution in [3.63, 3.8) is 0 Å². The lowest BCUT2D eigenvalue weighted by molar-refractivity contribution is 0.129. The van der Waals surface area contributed by atoms with Crippen LogP contribution in [0.3, 0.4) is 0 Å². The Morgan fingerprint density at radius 1 is 1.11 bits per heavy atom. The van der Waals surface area contributed by atoms with E-state index in [0.29, 0.717) is 6.04 Å². The third-order valence-corrected chi connectivity index (χ3v) is 4.35. The summed E-state index contributed by atoms with van der Waals surface area (Å²) >= 11 is 0. The number of ether oxygens (including phenoxy) is 1. The van der Waals surface area contributed by atoms with Crippen LogP contribution < -0.4 is 5.32 Å². The average molecular weight is 254 g/mol. The maximum Gasteiger partial charge on any atom is 0.0589 e. The van der Waals surface area contributed by atoms with Crippen molar-refractivity contribution < 1.29 is 4.74 Å². The predicted octanol–water partition coefficient (Wildman–Crippen LogP) is 2.12. The predicted molar refractivity (Wildman–Crippen MR) is 75.8 cm³/mol. The lowest BCUT2D eigenvalue weighted by Crippen LogP contribution is -2.42. The van der Waals surface area contributed by atoms with Crippen LogP contribution in [0.5, 0.6) is 0 Å². The minimum Gasteiger partial charge on any atom is -0.383 e. The fraction of sp³-hybridized carbons (Fsp3) is 1.00. The molecule has 0 saturated heterocycles. The molecule has 0 bridgehead atoms. The fourth-order valence-corrected chi connectivity index (χ4v) is 2.84. The van der Waals surface area contributed by atoms with Gasteiger partial charge in [0.1, 0.15) is 0 Å². The van der Waals surface area contributed by atoms with Crippen molar-refractivity contribution >= 4 is 0 Å². The third kappa shape index (κ3) is 4.52. The van der Waals surface area contributed by atoms with Crippen LogP contribution in [0, 0.1) is 11.8 Å². The molecule has 0 spiro atoms. The van der Waals surface area contributed by atoms with E-state index >= 15 is 0 Å². The molecular formula is C15H30N2O. The van der Waals surface area contributed by atoms with Gasteiger partial charge < -0.3 is 10.1 Å². The van der Waals surface area contributed by atoms with E-state index in [9.17, 15) is 0 Å². The zero-order valence-corrected chi connectivity index (χ0v) is 12.3. The highest BCUT2D eigenvalue weighted by atomic mass is 16.5. The molecule has 0 unspecified atom stereocenters. The second-order valence-corrected chi connectivity index (χ2v) is 6.28. The molecule has 2 aliphatic rings. The molecule has 2 saturated carbocycles. The monoisotopic (exact) mass is 254 g/mol. The van der Waals surface area contributed by atoms with E-state index in [-0.39, 0.29) is 0 Å². The van der Waals surface area contributed by atoms with E-state index in [4.69, 9.17) is 4.74 Å². The molecule has 0 aromatic carbocycles. The van der Waals surface area contributed by atoms with Gasteiger partial charge in [-0.25, -0.2) is 0 Å². The minimum atomic E-state index is 0.613. The van der Waals surface area contributed by atoms with Gasteiger partial charge in [-0.2, -0.15) is 0 Å². The van der Waals surface area contributed by atoms with E-state index in [0.717, 1.165) is 44.1 Å². The molecule has 2 rings (SSSR count). The first kappa shape index (κ1) is 14.3. The van der Waals surface area contributed by atoms with Crippen LogP contribution in [0.4, 0.5) is 0 Å². The summed E-state index contributed by atoms with van der Waals surface area (Å²) in [5.74, 6) is 2.01. The Morgan fingerprint density at radius 3 is 2.17 bits per heavy atom. The number of nitrogens with zero attached hydrogens (tertiary/aromatic N) is 1. The Morgan fingerprint density at radius 2 is 1.72 bits per heavy atom. The molecule has 3 nitrogen and oxygen atoms in total. The Labute approximate surface area is 112 Å². The van der Waals surface area contributed by atoms with Gasteiger partial charge in [-0.3, -0.25) is 4.90 Å². The van der Waals surface area contributed by atoms with Crippen LogP contribution in [0.2, 0.25) is 0 Å². The van der Waals surface area contributed by atoms with Gasteiger partial charge in [-0.15, -0.1) is 0 Å². The number of hydrogen-bond acceptors (Lipinski definition) is 3. The van der Waals surface area contributed by atoms with Crippen molar-refractivity contribution in [1.29, 1.82) is 0 Å². The van der Waals surface area contributed by atoms with Crippen LogP contribution >= 0.6 is 0 Å². The SMILES string of the molecule is COCCN(CCNC(C1CC1)C1CC1)C(C)C. The van der Waals surface area contributed by atoms with Crippen molar-refractivity contribution in [2.45, 2.75) is 51.6 Å². The summed E-state index contributed by atoms with van der Waals surface area (Å²) in [6, 6.07) is 1.45. The topological polar surface area (TPSA) is 24.5 Å². The van der Waals surface area contributed by atoms with Gasteiger partial charge in [-0.1, -0.05) is 0 Å². The van der Waals surface area contributed by atoms with Gasteiger partial charge in [0.15, 0.2) is 0 Å². The van der Waals surface area contributed by atoms with Crippen LogP contribution in [0.1, 0.15) is 39.5 Å². The molecule has 0 amide bonds. The lowest BCUT2D eigenvalue weighted by Gasteiger charge is -2.27. The highest BCUT2D eigenvalue weighted by molar-refractivity contribution is 4.96. The molecule has 0 heterocycles. The molecule has 2 fully saturated rings. The first-order valence-corrected chi connectivity index (χ1v) is 7.68. The van der Waals surface area contributed by atoms with E-state index in [1.54, 1.807) is 7.11 Å². The average Bonchev–Trinajstić information content (AvgIpc) is 3.20. The van der Waals surface area contributed by atoms with Gasteiger partial charge in [0.05, 0.1) is 6.61 Å². The molecule has 2 aliphatic carbocycles. The van der Waals surface area contributed by atoms with Crippen LogP contribution in [-0.4, -0.2) is 50.3 Å². The summed E-state index contributed by atoms with van der Waals surface area (Å²) in [5.41, 5.74) is 0.